The monoisotopic (exact) mass is 396 g/mol. The van der Waals surface area contributed by atoms with Crippen molar-refractivity contribution >= 4 is 21.6 Å². The fraction of sp³-hybridized carbons (Fsp3) is 0.222. The van der Waals surface area contributed by atoms with Crippen LogP contribution in [-0.4, -0.2) is 38.1 Å². The van der Waals surface area contributed by atoms with Crippen molar-refractivity contribution in [2.45, 2.75) is 18.4 Å². The van der Waals surface area contributed by atoms with Crippen LogP contribution in [-0.2, 0) is 25.8 Å². The van der Waals surface area contributed by atoms with E-state index in [1.54, 1.807) is 0 Å². The minimum absolute atomic E-state index is 0.000279. The van der Waals surface area contributed by atoms with Crippen molar-refractivity contribution in [3.63, 3.8) is 0 Å². The quantitative estimate of drug-likeness (QED) is 0.331. The van der Waals surface area contributed by atoms with Gasteiger partial charge in [-0.05, 0) is 24.6 Å². The zero-order valence-corrected chi connectivity index (χ0v) is 15.4. The number of aliphatic hydroxyl groups excluding tert-OH is 1. The standard InChI is InChI=1S/C18H17FO7S/c1-3-25-18(22)15(21)10-14(20)17-12(9-16(26-17)27(2,23)24)8-11-4-6-13(19)7-5-11/h4-7,9-10,21H,3,8H2,1-2H3/b15-10-. The Morgan fingerprint density at radius 3 is 2.44 bits per heavy atom. The zero-order chi connectivity index (χ0) is 20.2. The maximum Gasteiger partial charge on any atom is 0.373 e. The Kier molecular flexibility index (Phi) is 6.17. The molecule has 1 heterocycles. The Morgan fingerprint density at radius 1 is 1.26 bits per heavy atom. The maximum absolute atomic E-state index is 13.0. The van der Waals surface area contributed by atoms with Crippen LogP contribution in [0, 0.1) is 5.82 Å². The molecule has 1 aromatic carbocycles. The highest BCUT2D eigenvalue weighted by molar-refractivity contribution is 7.90. The van der Waals surface area contributed by atoms with E-state index < -0.39 is 38.3 Å². The number of sulfone groups is 1. The number of furan rings is 1. The SMILES string of the molecule is CCOC(=O)/C(O)=C/C(=O)c1oc(S(C)(=O)=O)cc1Cc1ccc(F)cc1. The number of rotatable bonds is 7. The van der Waals surface area contributed by atoms with E-state index in [0.29, 0.717) is 11.6 Å². The van der Waals surface area contributed by atoms with E-state index >= 15 is 0 Å². The summed E-state index contributed by atoms with van der Waals surface area (Å²) in [4.78, 5) is 23.8. The number of hydrogen-bond acceptors (Lipinski definition) is 7. The molecule has 27 heavy (non-hydrogen) atoms. The third-order valence-electron chi connectivity index (χ3n) is 3.44. The summed E-state index contributed by atoms with van der Waals surface area (Å²) < 4.78 is 46.2. The number of hydrogen-bond donors (Lipinski definition) is 1. The molecule has 0 spiro atoms. The van der Waals surface area contributed by atoms with Gasteiger partial charge in [-0.3, -0.25) is 4.79 Å². The molecule has 0 atom stereocenters. The summed E-state index contributed by atoms with van der Waals surface area (Å²) in [6, 6.07) is 6.58. The lowest BCUT2D eigenvalue weighted by molar-refractivity contribution is -0.141. The second kappa shape index (κ2) is 8.17. The number of benzene rings is 1. The molecule has 9 heteroatoms. The molecule has 144 valence electrons. The van der Waals surface area contributed by atoms with Crippen LogP contribution in [0.2, 0.25) is 0 Å². The largest absolute Gasteiger partial charge is 0.502 e. The van der Waals surface area contributed by atoms with Gasteiger partial charge in [0.15, 0.2) is 5.76 Å². The summed E-state index contributed by atoms with van der Waals surface area (Å²) in [5.41, 5.74) is 0.810. The summed E-state index contributed by atoms with van der Waals surface area (Å²) in [5.74, 6) is -3.74. The van der Waals surface area contributed by atoms with Crippen molar-refractivity contribution in [2.24, 2.45) is 0 Å². The first-order chi connectivity index (χ1) is 12.6. The van der Waals surface area contributed by atoms with Crippen molar-refractivity contribution in [1.29, 1.82) is 0 Å². The van der Waals surface area contributed by atoms with E-state index in [4.69, 9.17) is 4.42 Å². The van der Waals surface area contributed by atoms with Gasteiger partial charge in [-0.1, -0.05) is 12.1 Å². The van der Waals surface area contributed by atoms with Gasteiger partial charge in [0.2, 0.25) is 26.5 Å². The molecule has 0 amide bonds. The average Bonchev–Trinajstić information content (AvgIpc) is 3.01. The third-order valence-corrected chi connectivity index (χ3v) is 4.37. The number of ether oxygens (including phenoxy) is 1. The number of esters is 1. The highest BCUT2D eigenvalue weighted by Crippen LogP contribution is 2.24. The molecule has 0 saturated carbocycles. The van der Waals surface area contributed by atoms with Crippen LogP contribution in [0.25, 0.3) is 0 Å². The van der Waals surface area contributed by atoms with Crippen molar-refractivity contribution < 1.29 is 36.7 Å². The predicted octanol–water partition coefficient (Wildman–Crippen LogP) is 2.60. The fourth-order valence-electron chi connectivity index (χ4n) is 2.20. The Hall–Kier alpha value is -2.94. The van der Waals surface area contributed by atoms with Gasteiger partial charge >= 0.3 is 5.97 Å². The number of allylic oxidation sites excluding steroid dienone is 1. The summed E-state index contributed by atoms with van der Waals surface area (Å²) in [6.45, 7) is 1.53. The molecule has 0 fully saturated rings. The van der Waals surface area contributed by atoms with Gasteiger partial charge in [0.25, 0.3) is 0 Å². The lowest BCUT2D eigenvalue weighted by Gasteiger charge is -2.02. The van der Waals surface area contributed by atoms with Crippen LogP contribution in [0.4, 0.5) is 4.39 Å². The normalized spacial score (nSPS) is 12.0. The molecule has 2 rings (SSSR count). The molecule has 0 aliphatic rings. The van der Waals surface area contributed by atoms with E-state index in [1.807, 2.05) is 0 Å². The topological polar surface area (TPSA) is 111 Å². The molecule has 2 aromatic rings. The van der Waals surface area contributed by atoms with Gasteiger partial charge in [-0.25, -0.2) is 17.6 Å². The Labute approximate surface area is 155 Å². The van der Waals surface area contributed by atoms with E-state index in [2.05, 4.69) is 4.74 Å². The average molecular weight is 396 g/mol. The molecular formula is C18H17FO7S. The van der Waals surface area contributed by atoms with Crippen molar-refractivity contribution in [2.75, 3.05) is 12.9 Å². The predicted molar refractivity (Wildman–Crippen MR) is 92.7 cm³/mol. The van der Waals surface area contributed by atoms with Gasteiger partial charge in [0, 0.05) is 30.4 Å². The Balaban J connectivity index is 2.42. The molecule has 0 saturated heterocycles. The van der Waals surface area contributed by atoms with Gasteiger partial charge in [-0.15, -0.1) is 0 Å². The molecule has 0 aliphatic carbocycles. The second-order valence-electron chi connectivity index (χ2n) is 5.61. The highest BCUT2D eigenvalue weighted by Gasteiger charge is 2.23. The van der Waals surface area contributed by atoms with Crippen LogP contribution in [0.1, 0.15) is 28.6 Å². The maximum atomic E-state index is 13.0. The van der Waals surface area contributed by atoms with Crippen molar-refractivity contribution in [3.8, 4) is 0 Å². The molecule has 0 radical (unpaired) electrons. The molecule has 7 nitrogen and oxygen atoms in total. The van der Waals surface area contributed by atoms with Crippen LogP contribution >= 0.6 is 0 Å². The summed E-state index contributed by atoms with van der Waals surface area (Å²) >= 11 is 0. The second-order valence-corrected chi connectivity index (χ2v) is 7.56. The summed E-state index contributed by atoms with van der Waals surface area (Å²) in [5, 5.41) is 9.18. The molecular weight excluding hydrogens is 379 g/mol. The minimum atomic E-state index is -3.74. The van der Waals surface area contributed by atoms with Crippen LogP contribution in [0.5, 0.6) is 0 Å². The van der Waals surface area contributed by atoms with Crippen molar-refractivity contribution in [1.82, 2.24) is 0 Å². The number of carbonyl (C=O) groups excluding carboxylic acids is 2. The molecule has 0 bridgehead atoms. The fourth-order valence-corrected chi connectivity index (χ4v) is 2.79. The summed E-state index contributed by atoms with van der Waals surface area (Å²) in [6.07, 6.45) is 1.58. The lowest BCUT2D eigenvalue weighted by Crippen LogP contribution is -2.09. The lowest BCUT2D eigenvalue weighted by atomic mass is 10.0. The van der Waals surface area contributed by atoms with E-state index in [-0.39, 0.29) is 24.4 Å². The van der Waals surface area contributed by atoms with E-state index in [0.717, 1.165) is 6.26 Å². The molecule has 1 aromatic heterocycles. The number of aliphatic hydroxyl groups is 1. The van der Waals surface area contributed by atoms with Crippen LogP contribution < -0.4 is 0 Å². The van der Waals surface area contributed by atoms with Gasteiger partial charge < -0.3 is 14.3 Å². The molecule has 1 N–H and O–H groups in total. The Bertz CT molecular complexity index is 985. The van der Waals surface area contributed by atoms with E-state index in [1.165, 1.54) is 37.3 Å². The summed E-state index contributed by atoms with van der Waals surface area (Å²) in [7, 11) is -3.74. The minimum Gasteiger partial charge on any atom is -0.502 e. The molecule has 0 aliphatic heterocycles. The number of halogens is 1. The first-order valence-corrected chi connectivity index (χ1v) is 9.70. The van der Waals surface area contributed by atoms with Crippen LogP contribution in [0.3, 0.4) is 0 Å². The smallest absolute Gasteiger partial charge is 0.373 e. The molecule has 0 unspecified atom stereocenters. The van der Waals surface area contributed by atoms with Crippen molar-refractivity contribution in [3.05, 3.63) is 64.9 Å². The highest BCUT2D eigenvalue weighted by atomic mass is 32.2. The van der Waals surface area contributed by atoms with Gasteiger partial charge in [0.1, 0.15) is 5.82 Å². The van der Waals surface area contributed by atoms with Crippen LogP contribution in [0.15, 0.2) is 51.7 Å². The number of ketones is 1. The first-order valence-electron chi connectivity index (χ1n) is 7.81. The number of carbonyl (C=O) groups is 2. The van der Waals surface area contributed by atoms with Gasteiger partial charge in [-0.2, -0.15) is 0 Å². The zero-order valence-electron chi connectivity index (χ0n) is 14.6. The first kappa shape index (κ1) is 20.4. The van der Waals surface area contributed by atoms with Gasteiger partial charge in [0.05, 0.1) is 6.61 Å². The third kappa shape index (κ3) is 5.27. The Morgan fingerprint density at radius 2 is 1.89 bits per heavy atom. The van der Waals surface area contributed by atoms with E-state index in [9.17, 15) is 27.5 Å².